The van der Waals surface area contributed by atoms with Gasteiger partial charge in [-0.25, -0.2) is 8.42 Å². The van der Waals surface area contributed by atoms with Crippen LogP contribution in [0.3, 0.4) is 0 Å². The molecule has 0 spiro atoms. The summed E-state index contributed by atoms with van der Waals surface area (Å²) in [5.74, 6) is 0. The Bertz CT molecular complexity index is 255. The summed E-state index contributed by atoms with van der Waals surface area (Å²) in [6, 6.07) is 0. The molecule has 0 amide bonds. The van der Waals surface area contributed by atoms with E-state index in [2.05, 4.69) is 0 Å². The molecule has 2 N–H and O–H groups in total. The topological polar surface area (TPSA) is 60.2 Å². The standard InChI is InChI=1S/C10H21NO2S/c1-2-9(7-8-11)14(12,13)10-5-3-4-6-10/h9-10H,2-8,11H2,1H3. The summed E-state index contributed by atoms with van der Waals surface area (Å²) < 4.78 is 24.2. The molecule has 1 saturated carbocycles. The Hall–Kier alpha value is -0.0900. The van der Waals surface area contributed by atoms with Crippen LogP contribution in [0.5, 0.6) is 0 Å². The van der Waals surface area contributed by atoms with Crippen molar-refractivity contribution in [2.45, 2.75) is 55.9 Å². The van der Waals surface area contributed by atoms with Crippen LogP contribution in [0.15, 0.2) is 0 Å². The number of hydrogen-bond acceptors (Lipinski definition) is 3. The normalized spacial score (nSPS) is 21.3. The molecule has 1 fully saturated rings. The molecule has 1 aliphatic carbocycles. The SMILES string of the molecule is CCC(CCN)S(=O)(=O)C1CCCC1. The Morgan fingerprint density at radius 1 is 1.36 bits per heavy atom. The molecule has 0 aliphatic heterocycles. The second kappa shape index (κ2) is 5.12. The molecule has 0 radical (unpaired) electrons. The van der Waals surface area contributed by atoms with Gasteiger partial charge in [0.15, 0.2) is 9.84 Å². The van der Waals surface area contributed by atoms with Gasteiger partial charge in [-0.15, -0.1) is 0 Å². The van der Waals surface area contributed by atoms with Gasteiger partial charge in [0.25, 0.3) is 0 Å². The Morgan fingerprint density at radius 2 is 1.93 bits per heavy atom. The van der Waals surface area contributed by atoms with Gasteiger partial charge in [-0.2, -0.15) is 0 Å². The van der Waals surface area contributed by atoms with Gasteiger partial charge in [0.05, 0.1) is 10.5 Å². The quantitative estimate of drug-likeness (QED) is 0.761. The van der Waals surface area contributed by atoms with E-state index in [9.17, 15) is 8.42 Å². The van der Waals surface area contributed by atoms with Crippen molar-refractivity contribution in [3.8, 4) is 0 Å². The molecule has 0 bridgehead atoms. The Labute approximate surface area is 87.0 Å². The molecular weight excluding hydrogens is 198 g/mol. The maximum Gasteiger partial charge on any atom is 0.156 e. The Kier molecular flexibility index (Phi) is 4.38. The van der Waals surface area contributed by atoms with E-state index in [1.54, 1.807) is 0 Å². The second-order valence-electron chi connectivity index (χ2n) is 4.10. The van der Waals surface area contributed by atoms with Crippen LogP contribution in [0.2, 0.25) is 0 Å². The predicted molar refractivity (Wildman–Crippen MR) is 58.9 cm³/mol. The van der Waals surface area contributed by atoms with Crippen LogP contribution in [0.4, 0.5) is 0 Å². The van der Waals surface area contributed by atoms with E-state index >= 15 is 0 Å². The van der Waals surface area contributed by atoms with Crippen LogP contribution in [-0.2, 0) is 9.84 Å². The first-order valence-corrected chi connectivity index (χ1v) is 7.16. The van der Waals surface area contributed by atoms with Gasteiger partial charge in [0, 0.05) is 0 Å². The highest BCUT2D eigenvalue weighted by Gasteiger charge is 2.34. The molecule has 1 atom stereocenters. The van der Waals surface area contributed by atoms with Gasteiger partial charge in [0.2, 0.25) is 0 Å². The van der Waals surface area contributed by atoms with Crippen molar-refractivity contribution < 1.29 is 8.42 Å². The molecule has 14 heavy (non-hydrogen) atoms. The van der Waals surface area contributed by atoms with E-state index in [-0.39, 0.29) is 10.5 Å². The lowest BCUT2D eigenvalue weighted by Crippen LogP contribution is -2.31. The van der Waals surface area contributed by atoms with Gasteiger partial charge >= 0.3 is 0 Å². The van der Waals surface area contributed by atoms with Crippen molar-refractivity contribution in [1.29, 1.82) is 0 Å². The Balaban J connectivity index is 2.70. The molecular formula is C10H21NO2S. The van der Waals surface area contributed by atoms with Crippen molar-refractivity contribution in [1.82, 2.24) is 0 Å². The minimum absolute atomic E-state index is 0.0704. The van der Waals surface area contributed by atoms with Gasteiger partial charge in [-0.1, -0.05) is 19.8 Å². The fourth-order valence-electron chi connectivity index (χ4n) is 2.28. The van der Waals surface area contributed by atoms with Gasteiger partial charge in [-0.05, 0) is 32.2 Å². The van der Waals surface area contributed by atoms with Gasteiger partial charge in [0.1, 0.15) is 0 Å². The third-order valence-corrected chi connectivity index (χ3v) is 6.07. The summed E-state index contributed by atoms with van der Waals surface area (Å²) in [7, 11) is -2.89. The summed E-state index contributed by atoms with van der Waals surface area (Å²) in [4.78, 5) is 0. The number of sulfone groups is 1. The van der Waals surface area contributed by atoms with Gasteiger partial charge < -0.3 is 5.73 Å². The van der Waals surface area contributed by atoms with E-state index < -0.39 is 9.84 Å². The zero-order valence-electron chi connectivity index (χ0n) is 8.91. The first-order valence-electron chi connectivity index (χ1n) is 5.55. The molecule has 3 nitrogen and oxygen atoms in total. The van der Waals surface area contributed by atoms with Crippen LogP contribution in [0, 0.1) is 0 Å². The smallest absolute Gasteiger partial charge is 0.156 e. The van der Waals surface area contributed by atoms with Crippen molar-refractivity contribution >= 4 is 9.84 Å². The summed E-state index contributed by atoms with van der Waals surface area (Å²) in [5, 5.41) is -0.269. The molecule has 0 heterocycles. The molecule has 1 unspecified atom stereocenters. The van der Waals surface area contributed by atoms with Crippen molar-refractivity contribution in [3.05, 3.63) is 0 Å². The Morgan fingerprint density at radius 3 is 2.36 bits per heavy atom. The molecule has 0 aromatic heterocycles. The maximum absolute atomic E-state index is 12.1. The average molecular weight is 219 g/mol. The zero-order valence-corrected chi connectivity index (χ0v) is 9.72. The summed E-state index contributed by atoms with van der Waals surface area (Å²) >= 11 is 0. The highest BCUT2D eigenvalue weighted by atomic mass is 32.2. The third kappa shape index (κ3) is 2.48. The number of nitrogens with two attached hydrogens (primary N) is 1. The summed E-state index contributed by atoms with van der Waals surface area (Å²) in [6.45, 7) is 2.41. The van der Waals surface area contributed by atoms with Crippen molar-refractivity contribution in [2.75, 3.05) is 6.54 Å². The van der Waals surface area contributed by atoms with E-state index in [1.807, 2.05) is 6.92 Å². The van der Waals surface area contributed by atoms with Crippen molar-refractivity contribution in [2.24, 2.45) is 5.73 Å². The molecule has 0 saturated heterocycles. The lowest BCUT2D eigenvalue weighted by molar-refractivity contribution is 0.551. The molecule has 0 aromatic rings. The molecule has 1 rings (SSSR count). The first kappa shape index (κ1) is 12.0. The maximum atomic E-state index is 12.1. The number of hydrogen-bond donors (Lipinski definition) is 1. The van der Waals surface area contributed by atoms with Crippen LogP contribution in [-0.4, -0.2) is 25.5 Å². The monoisotopic (exact) mass is 219 g/mol. The van der Waals surface area contributed by atoms with Gasteiger partial charge in [-0.3, -0.25) is 0 Å². The predicted octanol–water partition coefficient (Wildman–Crippen LogP) is 1.47. The highest BCUT2D eigenvalue weighted by Crippen LogP contribution is 2.29. The van der Waals surface area contributed by atoms with E-state index in [1.165, 1.54) is 0 Å². The largest absolute Gasteiger partial charge is 0.330 e. The average Bonchev–Trinajstić information content (AvgIpc) is 2.66. The lowest BCUT2D eigenvalue weighted by atomic mass is 10.2. The molecule has 4 heteroatoms. The fourth-order valence-corrected chi connectivity index (χ4v) is 4.74. The minimum Gasteiger partial charge on any atom is -0.330 e. The lowest BCUT2D eigenvalue weighted by Gasteiger charge is -2.19. The second-order valence-corrected chi connectivity index (χ2v) is 6.61. The fraction of sp³-hybridized carbons (Fsp3) is 1.00. The van der Waals surface area contributed by atoms with Crippen LogP contribution in [0.25, 0.3) is 0 Å². The van der Waals surface area contributed by atoms with E-state index in [0.29, 0.717) is 19.4 Å². The highest BCUT2D eigenvalue weighted by molar-refractivity contribution is 7.92. The summed E-state index contributed by atoms with van der Waals surface area (Å²) in [5.41, 5.74) is 5.44. The zero-order chi connectivity index (χ0) is 10.6. The summed E-state index contributed by atoms with van der Waals surface area (Å²) in [6.07, 6.45) is 5.20. The van der Waals surface area contributed by atoms with E-state index in [0.717, 1.165) is 25.7 Å². The van der Waals surface area contributed by atoms with E-state index in [4.69, 9.17) is 5.73 Å². The molecule has 84 valence electrons. The van der Waals surface area contributed by atoms with Crippen LogP contribution in [0.1, 0.15) is 45.4 Å². The number of rotatable bonds is 5. The first-order chi connectivity index (χ1) is 6.62. The van der Waals surface area contributed by atoms with Crippen LogP contribution < -0.4 is 5.73 Å². The molecule has 1 aliphatic rings. The third-order valence-electron chi connectivity index (χ3n) is 3.18. The molecule has 0 aromatic carbocycles. The minimum atomic E-state index is -2.89. The van der Waals surface area contributed by atoms with Crippen LogP contribution >= 0.6 is 0 Å². The van der Waals surface area contributed by atoms with Crippen molar-refractivity contribution in [3.63, 3.8) is 0 Å².